The molecule has 10 nitrogen and oxygen atoms in total. The van der Waals surface area contributed by atoms with Crippen LogP contribution in [-0.4, -0.2) is 79.5 Å². The molecule has 3 fully saturated rings. The second kappa shape index (κ2) is 24.5. The fourth-order valence-corrected chi connectivity index (χ4v) is 9.71. The summed E-state index contributed by atoms with van der Waals surface area (Å²) in [7, 11) is 0. The van der Waals surface area contributed by atoms with Crippen molar-refractivity contribution in [3.8, 4) is 0 Å². The molecule has 0 radical (unpaired) electrons. The van der Waals surface area contributed by atoms with Gasteiger partial charge in [-0.25, -0.2) is 0 Å². The molecule has 6 aromatic rings. The number of ether oxygens (including phenoxy) is 10. The first-order valence-corrected chi connectivity index (χ1v) is 24.4. The summed E-state index contributed by atoms with van der Waals surface area (Å²) < 4.78 is 69.5. The van der Waals surface area contributed by atoms with Crippen LogP contribution in [0.5, 0.6) is 0 Å². The lowest BCUT2D eigenvalue weighted by Crippen LogP contribution is -2.67. The van der Waals surface area contributed by atoms with Crippen LogP contribution in [0.4, 0.5) is 0 Å². The molecule has 6 aromatic carbocycles. The van der Waals surface area contributed by atoms with Crippen molar-refractivity contribution in [1.29, 1.82) is 0 Å². The van der Waals surface area contributed by atoms with Gasteiger partial charge in [-0.3, -0.25) is 0 Å². The molecule has 3 heterocycles. The molecule has 0 aromatic heterocycles. The summed E-state index contributed by atoms with van der Waals surface area (Å²) >= 11 is 1.67. The minimum absolute atomic E-state index is 0.188. The average Bonchev–Trinajstić information content (AvgIpc) is 3.39. The Labute approximate surface area is 398 Å². The van der Waals surface area contributed by atoms with Crippen molar-refractivity contribution in [2.24, 2.45) is 0 Å². The predicted octanol–water partition coefficient (Wildman–Crippen LogP) is 10.2. The van der Waals surface area contributed by atoms with Crippen molar-refractivity contribution in [2.75, 3.05) is 19.0 Å². The maximum atomic E-state index is 7.52. The third-order valence-corrected chi connectivity index (χ3v) is 13.1. The lowest BCUT2D eigenvalue weighted by molar-refractivity contribution is -0.378. The maximum absolute atomic E-state index is 7.52. The van der Waals surface area contributed by atoms with Crippen LogP contribution >= 0.6 is 11.8 Å². The van der Waals surface area contributed by atoms with Crippen LogP contribution in [0, 0.1) is 0 Å². The van der Waals surface area contributed by atoms with Crippen LogP contribution in [0.2, 0.25) is 0 Å². The first kappa shape index (κ1) is 47.3. The average molecular weight is 925 g/mol. The molecule has 0 spiro atoms. The third kappa shape index (κ3) is 12.9. The second-order valence-corrected chi connectivity index (χ2v) is 18.2. The minimum atomic E-state index is -1.01. The van der Waals surface area contributed by atoms with Gasteiger partial charge in [0.2, 0.25) is 0 Å². The highest BCUT2D eigenvalue weighted by Gasteiger charge is 2.56. The topological polar surface area (TPSA) is 92.3 Å². The molecule has 3 aliphatic rings. The Hall–Kier alpha value is -4.73. The van der Waals surface area contributed by atoms with Gasteiger partial charge in [-0.15, -0.1) is 11.8 Å². The first-order chi connectivity index (χ1) is 33.2. The zero-order valence-electron chi connectivity index (χ0n) is 37.8. The largest absolute Gasteiger partial charge is 0.374 e. The molecule has 11 heteroatoms. The van der Waals surface area contributed by atoms with E-state index in [2.05, 4.69) is 55.5 Å². The summed E-state index contributed by atoms with van der Waals surface area (Å²) in [6.45, 7) is 4.19. The molecule has 9 rings (SSSR count). The van der Waals surface area contributed by atoms with Gasteiger partial charge in [-0.05, 0) is 33.6 Å². The van der Waals surface area contributed by atoms with Crippen molar-refractivity contribution >= 4 is 11.8 Å². The smallest absolute Gasteiger partial charge is 0.187 e. The molecule has 11 atom stereocenters. The van der Waals surface area contributed by atoms with Crippen molar-refractivity contribution in [2.45, 2.75) is 107 Å². The molecule has 0 N–H and O–H groups in total. The summed E-state index contributed by atoms with van der Waals surface area (Å²) in [5, 5.41) is 0. The quantitative estimate of drug-likeness (QED) is 0.0691. The van der Waals surface area contributed by atoms with Crippen LogP contribution in [0.15, 0.2) is 182 Å². The highest BCUT2D eigenvalue weighted by molar-refractivity contribution is 7.99. The van der Waals surface area contributed by atoms with E-state index in [1.54, 1.807) is 11.8 Å². The van der Waals surface area contributed by atoms with Crippen LogP contribution in [-0.2, 0) is 80.4 Å². The fraction of sp³-hybridized carbons (Fsp3) is 0.357. The number of hydrogen-bond donors (Lipinski definition) is 0. The van der Waals surface area contributed by atoms with Crippen LogP contribution in [0.1, 0.15) is 46.6 Å². The summed E-state index contributed by atoms with van der Waals surface area (Å²) in [4.78, 5) is 0. The SMILES string of the molecule is CCS[C@H]1O[C@@H]2COC(c3ccccc3)O[C@H]2[C@H](O[C@H]2O[C@H](COCc3ccccc3)[C@@H](OCc3ccccc3)[C@H](OCc3ccccc3)[C@H]2OCc2ccccc2)[C@@H]1OCc1ccccc1. The van der Waals surface area contributed by atoms with E-state index in [0.717, 1.165) is 39.1 Å². The Morgan fingerprint density at radius 1 is 0.463 bits per heavy atom. The van der Waals surface area contributed by atoms with Crippen molar-refractivity contribution < 1.29 is 47.4 Å². The van der Waals surface area contributed by atoms with E-state index in [9.17, 15) is 0 Å². The van der Waals surface area contributed by atoms with Crippen LogP contribution in [0.3, 0.4) is 0 Å². The normalized spacial score (nSPS) is 27.3. The van der Waals surface area contributed by atoms with Gasteiger partial charge in [-0.2, -0.15) is 0 Å². The van der Waals surface area contributed by atoms with Gasteiger partial charge in [0.25, 0.3) is 0 Å². The standard InChI is InChI=1S/C56H60O10S/c1-2-67-56-53(61-37-44-29-17-7-18-30-44)51(49-47(64-56)39-62-54(65-49)45-31-19-8-20-32-45)66-55-52(60-36-43-27-15-6-16-28-43)50(59-35-42-25-13-5-14-26-42)48(58-34-41-23-11-4-12-24-41)46(63-55)38-57-33-40-21-9-3-10-22-40/h3-32,46-56H,2,33-39H2,1H3/t46-,47-,48-,49-,50+,51+,52-,53+,54?,55-,56-/m1/s1. The van der Waals surface area contributed by atoms with Gasteiger partial charge in [0, 0.05) is 5.56 Å². The van der Waals surface area contributed by atoms with E-state index in [1.807, 2.05) is 133 Å². The van der Waals surface area contributed by atoms with E-state index in [1.165, 1.54) is 0 Å². The Bertz CT molecular complexity index is 2300. The minimum Gasteiger partial charge on any atom is -0.374 e. The highest BCUT2D eigenvalue weighted by atomic mass is 32.2. The summed E-state index contributed by atoms with van der Waals surface area (Å²) in [6.07, 6.45) is -6.83. The molecule has 0 aliphatic carbocycles. The third-order valence-electron chi connectivity index (χ3n) is 12.1. The van der Waals surface area contributed by atoms with E-state index >= 15 is 0 Å². The van der Waals surface area contributed by atoms with E-state index in [4.69, 9.17) is 47.4 Å². The van der Waals surface area contributed by atoms with Gasteiger partial charge < -0.3 is 47.4 Å². The molecular weight excluding hydrogens is 865 g/mol. The number of thioether (sulfide) groups is 1. The summed E-state index contributed by atoms with van der Waals surface area (Å²) in [5.41, 5.74) is 5.58. The molecule has 67 heavy (non-hydrogen) atoms. The van der Waals surface area contributed by atoms with Gasteiger partial charge in [0.05, 0.1) is 46.2 Å². The monoisotopic (exact) mass is 924 g/mol. The van der Waals surface area contributed by atoms with Gasteiger partial charge in [0.1, 0.15) is 54.3 Å². The Morgan fingerprint density at radius 3 is 1.42 bits per heavy atom. The van der Waals surface area contributed by atoms with Crippen molar-refractivity contribution in [3.63, 3.8) is 0 Å². The Morgan fingerprint density at radius 2 is 0.910 bits per heavy atom. The lowest BCUT2D eigenvalue weighted by Gasteiger charge is -2.52. The zero-order valence-corrected chi connectivity index (χ0v) is 38.6. The second-order valence-electron chi connectivity index (χ2n) is 16.9. The number of benzene rings is 6. The lowest BCUT2D eigenvalue weighted by atomic mass is 9.95. The van der Waals surface area contributed by atoms with Crippen molar-refractivity contribution in [3.05, 3.63) is 215 Å². The maximum Gasteiger partial charge on any atom is 0.187 e. The molecule has 1 unspecified atom stereocenters. The Kier molecular flexibility index (Phi) is 17.3. The summed E-state index contributed by atoms with van der Waals surface area (Å²) in [5.74, 6) is 0.785. The highest BCUT2D eigenvalue weighted by Crippen LogP contribution is 2.42. The molecule has 0 amide bonds. The first-order valence-electron chi connectivity index (χ1n) is 23.3. The molecule has 3 saturated heterocycles. The molecule has 3 aliphatic heterocycles. The van der Waals surface area contributed by atoms with Crippen LogP contribution in [0.25, 0.3) is 0 Å². The fourth-order valence-electron chi connectivity index (χ4n) is 8.73. The zero-order chi connectivity index (χ0) is 45.5. The van der Waals surface area contributed by atoms with Crippen molar-refractivity contribution in [1.82, 2.24) is 0 Å². The number of rotatable bonds is 21. The van der Waals surface area contributed by atoms with Gasteiger partial charge in [-0.1, -0.05) is 189 Å². The van der Waals surface area contributed by atoms with E-state index < -0.39 is 66.8 Å². The van der Waals surface area contributed by atoms with Gasteiger partial charge in [0.15, 0.2) is 12.6 Å². The molecule has 350 valence electrons. The number of fused-ring (bicyclic) bond motifs is 1. The van der Waals surface area contributed by atoms with Gasteiger partial charge >= 0.3 is 0 Å². The van der Waals surface area contributed by atoms with E-state index in [-0.39, 0.29) is 13.2 Å². The molecule has 0 bridgehead atoms. The predicted molar refractivity (Wildman–Crippen MR) is 257 cm³/mol. The summed E-state index contributed by atoms with van der Waals surface area (Å²) in [6, 6.07) is 60.6. The Balaban J connectivity index is 1.10. The number of hydrogen-bond acceptors (Lipinski definition) is 11. The van der Waals surface area contributed by atoms with E-state index in [0.29, 0.717) is 33.0 Å². The van der Waals surface area contributed by atoms with Crippen LogP contribution < -0.4 is 0 Å². The molecule has 0 saturated carbocycles. The molecular formula is C56H60O10S.